The topological polar surface area (TPSA) is 84.7 Å². The first-order valence-electron chi connectivity index (χ1n) is 9.09. The van der Waals surface area contributed by atoms with E-state index in [1.807, 2.05) is 50.6 Å². The lowest BCUT2D eigenvalue weighted by Gasteiger charge is -2.08. The van der Waals surface area contributed by atoms with Gasteiger partial charge in [-0.15, -0.1) is 0 Å². The lowest BCUT2D eigenvalue weighted by atomic mass is 10.1. The fraction of sp³-hybridized carbons (Fsp3) is 0.300. The summed E-state index contributed by atoms with van der Waals surface area (Å²) in [6.45, 7) is 3.42. The van der Waals surface area contributed by atoms with Crippen LogP contribution < -0.4 is 10.6 Å². The number of hydrogen-bond donors (Lipinski definition) is 2. The van der Waals surface area contributed by atoms with Crippen molar-refractivity contribution in [2.45, 2.75) is 19.8 Å². The number of nitrogens with one attached hydrogen (secondary N) is 2. The van der Waals surface area contributed by atoms with Crippen LogP contribution in [0.3, 0.4) is 0 Å². The molecule has 0 spiro atoms. The van der Waals surface area contributed by atoms with Gasteiger partial charge < -0.3 is 10.6 Å². The highest BCUT2D eigenvalue weighted by Gasteiger charge is 2.09. The molecule has 0 saturated heterocycles. The zero-order valence-electron chi connectivity index (χ0n) is 15.6. The molecule has 0 bridgehead atoms. The van der Waals surface area contributed by atoms with E-state index in [1.54, 1.807) is 16.9 Å². The van der Waals surface area contributed by atoms with Gasteiger partial charge in [0, 0.05) is 43.7 Å². The van der Waals surface area contributed by atoms with Crippen LogP contribution in [0.15, 0.2) is 48.9 Å². The quantitative estimate of drug-likeness (QED) is 0.600. The number of carbonyl (C=O) groups is 1. The summed E-state index contributed by atoms with van der Waals surface area (Å²) in [5.41, 5.74) is 2.59. The number of hydrogen-bond acceptors (Lipinski definition) is 5. The molecule has 0 unspecified atom stereocenters. The van der Waals surface area contributed by atoms with E-state index in [-0.39, 0.29) is 5.91 Å². The molecule has 140 valence electrons. The molecule has 2 N–H and O–H groups in total. The highest BCUT2D eigenvalue weighted by Crippen LogP contribution is 2.18. The van der Waals surface area contributed by atoms with Crippen molar-refractivity contribution in [1.82, 2.24) is 25.1 Å². The summed E-state index contributed by atoms with van der Waals surface area (Å²) < 4.78 is 1.78. The van der Waals surface area contributed by atoms with Gasteiger partial charge in [-0.2, -0.15) is 5.10 Å². The van der Waals surface area contributed by atoms with Gasteiger partial charge in [0.15, 0.2) is 5.82 Å². The molecule has 0 saturated carbocycles. The summed E-state index contributed by atoms with van der Waals surface area (Å²) in [7, 11) is 1.90. The zero-order valence-corrected chi connectivity index (χ0v) is 15.6. The normalized spacial score (nSPS) is 10.6. The largest absolute Gasteiger partial charge is 0.370 e. The van der Waals surface area contributed by atoms with E-state index < -0.39 is 0 Å². The second-order valence-electron chi connectivity index (χ2n) is 6.26. The summed E-state index contributed by atoms with van der Waals surface area (Å²) in [6.07, 6.45) is 7.31. The standard InChI is InChI=1S/C20H24N6O/c1-3-21-18-9-11-22-19(25-18)16-7-4-8-17(12-16)20(27)23-10-5-6-15-13-24-26(2)14-15/h4,7-9,11-14H,3,5-6,10H2,1-2H3,(H,23,27)(H,21,22,25). The van der Waals surface area contributed by atoms with Gasteiger partial charge in [-0.1, -0.05) is 12.1 Å². The molecule has 1 amide bonds. The van der Waals surface area contributed by atoms with Gasteiger partial charge in [-0.3, -0.25) is 9.48 Å². The number of benzene rings is 1. The van der Waals surface area contributed by atoms with Crippen LogP contribution in [0.4, 0.5) is 5.82 Å². The Balaban J connectivity index is 1.59. The minimum absolute atomic E-state index is 0.0918. The molecule has 3 aromatic rings. The molecule has 7 heteroatoms. The summed E-state index contributed by atoms with van der Waals surface area (Å²) in [6, 6.07) is 9.20. The van der Waals surface area contributed by atoms with E-state index in [0.29, 0.717) is 17.9 Å². The molecule has 2 heterocycles. The number of amides is 1. The minimum Gasteiger partial charge on any atom is -0.370 e. The molecule has 7 nitrogen and oxygen atoms in total. The maximum atomic E-state index is 12.4. The molecule has 0 aliphatic rings. The second kappa shape index (κ2) is 8.93. The van der Waals surface area contributed by atoms with E-state index >= 15 is 0 Å². The van der Waals surface area contributed by atoms with Crippen molar-refractivity contribution in [2.75, 3.05) is 18.4 Å². The second-order valence-corrected chi connectivity index (χ2v) is 6.26. The number of anilines is 1. The fourth-order valence-corrected chi connectivity index (χ4v) is 2.77. The molecule has 2 aromatic heterocycles. The van der Waals surface area contributed by atoms with Gasteiger partial charge in [0.2, 0.25) is 0 Å². The number of carbonyl (C=O) groups excluding carboxylic acids is 1. The number of aromatic nitrogens is 4. The van der Waals surface area contributed by atoms with Crippen molar-refractivity contribution in [2.24, 2.45) is 7.05 Å². The van der Waals surface area contributed by atoms with Crippen molar-refractivity contribution in [3.8, 4) is 11.4 Å². The zero-order chi connectivity index (χ0) is 19.1. The molecule has 0 aliphatic carbocycles. The van der Waals surface area contributed by atoms with E-state index in [1.165, 1.54) is 5.56 Å². The summed E-state index contributed by atoms with van der Waals surface area (Å²) in [5.74, 6) is 1.28. The van der Waals surface area contributed by atoms with Gasteiger partial charge in [0.25, 0.3) is 5.91 Å². The van der Waals surface area contributed by atoms with Crippen LogP contribution in [0.25, 0.3) is 11.4 Å². The molecule has 0 aliphatic heterocycles. The van der Waals surface area contributed by atoms with Crippen LogP contribution in [0.1, 0.15) is 29.3 Å². The monoisotopic (exact) mass is 364 g/mol. The molecule has 27 heavy (non-hydrogen) atoms. The van der Waals surface area contributed by atoms with Crippen LogP contribution >= 0.6 is 0 Å². The first kappa shape index (κ1) is 18.6. The highest BCUT2D eigenvalue weighted by molar-refractivity contribution is 5.95. The molecule has 0 fully saturated rings. The van der Waals surface area contributed by atoms with E-state index in [2.05, 4.69) is 25.7 Å². The van der Waals surface area contributed by atoms with Crippen LogP contribution in [0.2, 0.25) is 0 Å². The Morgan fingerprint density at radius 3 is 2.93 bits per heavy atom. The van der Waals surface area contributed by atoms with E-state index in [0.717, 1.165) is 30.8 Å². The van der Waals surface area contributed by atoms with Crippen molar-refractivity contribution in [3.05, 3.63) is 60.0 Å². The number of aryl methyl sites for hydroxylation is 2. The van der Waals surface area contributed by atoms with Crippen LogP contribution in [-0.2, 0) is 13.5 Å². The first-order valence-corrected chi connectivity index (χ1v) is 9.09. The number of nitrogens with zero attached hydrogens (tertiary/aromatic N) is 4. The van der Waals surface area contributed by atoms with Crippen LogP contribution in [0, 0.1) is 0 Å². The van der Waals surface area contributed by atoms with E-state index in [9.17, 15) is 4.79 Å². The number of rotatable bonds is 8. The van der Waals surface area contributed by atoms with Gasteiger partial charge >= 0.3 is 0 Å². The Hall–Kier alpha value is -3.22. The van der Waals surface area contributed by atoms with Crippen molar-refractivity contribution in [3.63, 3.8) is 0 Å². The van der Waals surface area contributed by atoms with Crippen LogP contribution in [-0.4, -0.2) is 38.7 Å². The van der Waals surface area contributed by atoms with Crippen molar-refractivity contribution >= 4 is 11.7 Å². The SMILES string of the molecule is CCNc1ccnc(-c2cccc(C(=O)NCCCc3cnn(C)c3)c2)n1. The van der Waals surface area contributed by atoms with Gasteiger partial charge in [0.1, 0.15) is 5.82 Å². The van der Waals surface area contributed by atoms with Gasteiger partial charge in [0.05, 0.1) is 6.20 Å². The predicted octanol–water partition coefficient (Wildman–Crippen LogP) is 2.67. The van der Waals surface area contributed by atoms with Crippen LogP contribution in [0.5, 0.6) is 0 Å². The molecular formula is C20H24N6O. The lowest BCUT2D eigenvalue weighted by molar-refractivity contribution is 0.0953. The predicted molar refractivity (Wildman–Crippen MR) is 105 cm³/mol. The summed E-state index contributed by atoms with van der Waals surface area (Å²) in [5, 5.41) is 10.3. The van der Waals surface area contributed by atoms with Crippen molar-refractivity contribution < 1.29 is 4.79 Å². The average Bonchev–Trinajstić information content (AvgIpc) is 3.11. The first-order chi connectivity index (χ1) is 13.2. The summed E-state index contributed by atoms with van der Waals surface area (Å²) >= 11 is 0. The summed E-state index contributed by atoms with van der Waals surface area (Å²) in [4.78, 5) is 21.2. The third-order valence-corrected chi connectivity index (χ3v) is 4.08. The van der Waals surface area contributed by atoms with Gasteiger partial charge in [-0.05, 0) is 43.5 Å². The maximum absolute atomic E-state index is 12.4. The minimum atomic E-state index is -0.0918. The molecule has 3 rings (SSSR count). The Morgan fingerprint density at radius 1 is 1.26 bits per heavy atom. The third kappa shape index (κ3) is 5.13. The smallest absolute Gasteiger partial charge is 0.251 e. The Kier molecular flexibility index (Phi) is 6.14. The Labute approximate surface area is 158 Å². The molecule has 0 atom stereocenters. The van der Waals surface area contributed by atoms with Gasteiger partial charge in [-0.25, -0.2) is 9.97 Å². The lowest BCUT2D eigenvalue weighted by Crippen LogP contribution is -2.24. The molecule has 0 radical (unpaired) electrons. The van der Waals surface area contributed by atoms with E-state index in [4.69, 9.17) is 0 Å². The third-order valence-electron chi connectivity index (χ3n) is 4.08. The Morgan fingerprint density at radius 2 is 2.15 bits per heavy atom. The van der Waals surface area contributed by atoms with Crippen molar-refractivity contribution in [1.29, 1.82) is 0 Å². The fourth-order valence-electron chi connectivity index (χ4n) is 2.77. The Bertz CT molecular complexity index is 905. The average molecular weight is 364 g/mol. The highest BCUT2D eigenvalue weighted by atomic mass is 16.1. The molecular weight excluding hydrogens is 340 g/mol. The molecule has 1 aromatic carbocycles. The maximum Gasteiger partial charge on any atom is 0.251 e.